The van der Waals surface area contributed by atoms with E-state index >= 15 is 0 Å². The molecule has 2 rings (SSSR count). The number of rotatable bonds is 5. The van der Waals surface area contributed by atoms with Crippen LogP contribution in [0.15, 0.2) is 42.6 Å². The molecule has 0 saturated heterocycles. The zero-order valence-corrected chi connectivity index (χ0v) is 12.7. The predicted octanol–water partition coefficient (Wildman–Crippen LogP) is 3.20. The third-order valence-corrected chi connectivity index (χ3v) is 3.29. The van der Waals surface area contributed by atoms with Gasteiger partial charge in [-0.05, 0) is 43.2 Å². The van der Waals surface area contributed by atoms with Crippen LogP contribution in [0.1, 0.15) is 36.7 Å². The number of pyridine rings is 1. The van der Waals surface area contributed by atoms with E-state index in [-0.39, 0.29) is 11.9 Å². The molecule has 1 heterocycles. The summed E-state index contributed by atoms with van der Waals surface area (Å²) in [5.41, 5.74) is 4.15. The van der Waals surface area contributed by atoms with Gasteiger partial charge in [0.25, 0.3) is 0 Å². The van der Waals surface area contributed by atoms with E-state index in [0.29, 0.717) is 0 Å². The van der Waals surface area contributed by atoms with Crippen molar-refractivity contribution in [2.24, 2.45) is 0 Å². The van der Waals surface area contributed by atoms with E-state index in [0.717, 1.165) is 29.1 Å². The number of carbonyl (C=O) groups excluding carboxylic acids is 1. The fraction of sp³-hybridized carbons (Fsp3) is 0.294. The molecular weight excluding hydrogens is 262 g/mol. The number of anilines is 1. The lowest BCUT2D eigenvalue weighted by atomic mass is 10.1. The number of hydrogen-bond donors (Lipinski definition) is 2. The first-order valence-corrected chi connectivity index (χ1v) is 7.07. The lowest BCUT2D eigenvalue weighted by Crippen LogP contribution is -2.18. The van der Waals surface area contributed by atoms with Crippen molar-refractivity contribution in [2.45, 2.75) is 33.4 Å². The van der Waals surface area contributed by atoms with Crippen molar-refractivity contribution in [2.75, 3.05) is 5.32 Å². The maximum Gasteiger partial charge on any atom is 0.221 e. The monoisotopic (exact) mass is 283 g/mol. The van der Waals surface area contributed by atoms with E-state index in [2.05, 4.69) is 34.7 Å². The maximum absolute atomic E-state index is 11.1. The molecule has 110 valence electrons. The van der Waals surface area contributed by atoms with Gasteiger partial charge in [-0.25, -0.2) is 0 Å². The van der Waals surface area contributed by atoms with Crippen molar-refractivity contribution in [3.63, 3.8) is 0 Å². The van der Waals surface area contributed by atoms with E-state index in [1.54, 1.807) is 0 Å². The van der Waals surface area contributed by atoms with Crippen LogP contribution in [0.2, 0.25) is 0 Å². The topological polar surface area (TPSA) is 54.0 Å². The van der Waals surface area contributed by atoms with Gasteiger partial charge in [0.2, 0.25) is 5.91 Å². The molecule has 0 spiro atoms. The summed E-state index contributed by atoms with van der Waals surface area (Å²) in [5.74, 6) is -0.0570. The summed E-state index contributed by atoms with van der Waals surface area (Å²) >= 11 is 0. The number of nitrogens with zero attached hydrogens (tertiary/aromatic N) is 1. The van der Waals surface area contributed by atoms with Crippen LogP contribution in [0.3, 0.4) is 0 Å². The molecule has 0 radical (unpaired) electrons. The number of hydrogen-bond acceptors (Lipinski definition) is 3. The maximum atomic E-state index is 11.1. The molecule has 1 unspecified atom stereocenters. The molecule has 0 aliphatic carbocycles. The number of aromatic nitrogens is 1. The third-order valence-electron chi connectivity index (χ3n) is 3.29. The number of aryl methyl sites for hydroxylation is 1. The van der Waals surface area contributed by atoms with Crippen molar-refractivity contribution in [1.29, 1.82) is 0 Å². The largest absolute Gasteiger partial charge is 0.326 e. The molecular formula is C17H21N3O. The van der Waals surface area contributed by atoms with Crippen LogP contribution in [0.25, 0.3) is 0 Å². The molecule has 0 aliphatic rings. The van der Waals surface area contributed by atoms with E-state index in [9.17, 15) is 4.79 Å². The third kappa shape index (κ3) is 4.68. The molecule has 2 aromatic rings. The van der Waals surface area contributed by atoms with Crippen molar-refractivity contribution >= 4 is 11.6 Å². The highest BCUT2D eigenvalue weighted by Gasteiger charge is 2.06. The zero-order chi connectivity index (χ0) is 15.2. The predicted molar refractivity (Wildman–Crippen MR) is 85.0 cm³/mol. The summed E-state index contributed by atoms with van der Waals surface area (Å²) in [4.78, 5) is 15.4. The Balaban J connectivity index is 1.98. The van der Waals surface area contributed by atoms with Gasteiger partial charge in [-0.1, -0.05) is 18.2 Å². The minimum Gasteiger partial charge on any atom is -0.326 e. The molecule has 21 heavy (non-hydrogen) atoms. The minimum atomic E-state index is -0.0570. The molecule has 4 heteroatoms. The first kappa shape index (κ1) is 15.2. The summed E-state index contributed by atoms with van der Waals surface area (Å²) in [6.07, 6.45) is 1.89. The fourth-order valence-electron chi connectivity index (χ4n) is 2.08. The van der Waals surface area contributed by atoms with Crippen molar-refractivity contribution in [3.8, 4) is 0 Å². The lowest BCUT2D eigenvalue weighted by Gasteiger charge is -2.15. The van der Waals surface area contributed by atoms with Crippen LogP contribution in [-0.2, 0) is 11.3 Å². The van der Waals surface area contributed by atoms with E-state index in [1.165, 1.54) is 6.92 Å². The number of nitrogens with one attached hydrogen (secondary N) is 2. The van der Waals surface area contributed by atoms with Crippen molar-refractivity contribution < 1.29 is 4.79 Å². The van der Waals surface area contributed by atoms with Gasteiger partial charge in [-0.15, -0.1) is 0 Å². The Morgan fingerprint density at radius 1 is 1.29 bits per heavy atom. The fourth-order valence-corrected chi connectivity index (χ4v) is 2.08. The second-order valence-corrected chi connectivity index (χ2v) is 5.22. The Morgan fingerprint density at radius 3 is 2.76 bits per heavy atom. The second kappa shape index (κ2) is 6.99. The van der Waals surface area contributed by atoms with Crippen LogP contribution < -0.4 is 10.6 Å². The normalized spacial score (nSPS) is 12.0. The van der Waals surface area contributed by atoms with Crippen LogP contribution in [0.4, 0.5) is 5.69 Å². The Hall–Kier alpha value is -2.20. The molecule has 0 aliphatic heterocycles. The average Bonchev–Trinajstić information content (AvgIpc) is 2.46. The standard InChI is InChI=1S/C17H21N3O/c1-12-7-8-15(10-18-12)11-19-13(2)16-5-4-6-17(9-16)20-14(3)21/h4-10,13,19H,11H2,1-3H3,(H,20,21). The van der Waals surface area contributed by atoms with E-state index in [4.69, 9.17) is 0 Å². The van der Waals surface area contributed by atoms with Crippen molar-refractivity contribution in [1.82, 2.24) is 10.3 Å². The van der Waals surface area contributed by atoms with E-state index < -0.39 is 0 Å². The van der Waals surface area contributed by atoms with Gasteiger partial charge >= 0.3 is 0 Å². The zero-order valence-electron chi connectivity index (χ0n) is 12.7. The van der Waals surface area contributed by atoms with Crippen LogP contribution in [0, 0.1) is 6.92 Å². The Bertz CT molecular complexity index is 608. The Kier molecular flexibility index (Phi) is 5.06. The molecule has 0 saturated carbocycles. The van der Waals surface area contributed by atoms with Crippen molar-refractivity contribution in [3.05, 3.63) is 59.4 Å². The molecule has 1 atom stereocenters. The van der Waals surface area contributed by atoms with Gasteiger partial charge in [0.15, 0.2) is 0 Å². The lowest BCUT2D eigenvalue weighted by molar-refractivity contribution is -0.114. The molecule has 0 bridgehead atoms. The SMILES string of the molecule is CC(=O)Nc1cccc(C(C)NCc2ccc(C)nc2)c1. The van der Waals surface area contributed by atoms with Gasteiger partial charge in [0.05, 0.1) is 0 Å². The summed E-state index contributed by atoms with van der Waals surface area (Å²) in [6.45, 7) is 6.36. The highest BCUT2D eigenvalue weighted by atomic mass is 16.1. The van der Waals surface area contributed by atoms with Gasteiger partial charge in [-0.3, -0.25) is 9.78 Å². The molecule has 1 aromatic heterocycles. The molecule has 4 nitrogen and oxygen atoms in total. The van der Waals surface area contributed by atoms with E-state index in [1.807, 2.05) is 37.4 Å². The summed E-state index contributed by atoms with van der Waals surface area (Å²) in [7, 11) is 0. The quantitative estimate of drug-likeness (QED) is 0.886. The van der Waals surface area contributed by atoms with Gasteiger partial charge in [0, 0.05) is 37.1 Å². The summed E-state index contributed by atoms with van der Waals surface area (Å²) < 4.78 is 0. The first-order valence-electron chi connectivity index (χ1n) is 7.07. The molecule has 2 N–H and O–H groups in total. The second-order valence-electron chi connectivity index (χ2n) is 5.22. The van der Waals surface area contributed by atoms with Gasteiger partial charge in [-0.2, -0.15) is 0 Å². The Morgan fingerprint density at radius 2 is 2.10 bits per heavy atom. The molecule has 1 amide bonds. The smallest absolute Gasteiger partial charge is 0.221 e. The van der Waals surface area contributed by atoms with Crippen LogP contribution >= 0.6 is 0 Å². The number of amides is 1. The molecule has 0 fully saturated rings. The number of benzene rings is 1. The molecule has 1 aromatic carbocycles. The average molecular weight is 283 g/mol. The van der Waals surface area contributed by atoms with Crippen LogP contribution in [0.5, 0.6) is 0 Å². The highest BCUT2D eigenvalue weighted by molar-refractivity contribution is 5.88. The van der Waals surface area contributed by atoms with Gasteiger partial charge in [0.1, 0.15) is 0 Å². The van der Waals surface area contributed by atoms with Crippen LogP contribution in [-0.4, -0.2) is 10.9 Å². The van der Waals surface area contributed by atoms with Gasteiger partial charge < -0.3 is 10.6 Å². The highest BCUT2D eigenvalue weighted by Crippen LogP contribution is 2.17. The minimum absolute atomic E-state index is 0.0570. The Labute approximate surface area is 125 Å². The summed E-state index contributed by atoms with van der Waals surface area (Å²) in [5, 5.41) is 6.27. The summed E-state index contributed by atoms with van der Waals surface area (Å²) in [6, 6.07) is 12.2. The first-order chi connectivity index (χ1) is 10.0. The number of carbonyl (C=O) groups is 1.